The molecule has 4 heteroatoms. The van der Waals surface area contributed by atoms with Crippen LogP contribution in [0.3, 0.4) is 0 Å². The third-order valence-electron chi connectivity index (χ3n) is 3.50. The highest BCUT2D eigenvalue weighted by Crippen LogP contribution is 2.19. The van der Waals surface area contributed by atoms with E-state index in [2.05, 4.69) is 13.2 Å². The summed E-state index contributed by atoms with van der Waals surface area (Å²) in [5.74, 6) is 0. The van der Waals surface area contributed by atoms with Crippen molar-refractivity contribution in [2.75, 3.05) is 6.54 Å². The van der Waals surface area contributed by atoms with Gasteiger partial charge in [-0.1, -0.05) is 66.7 Å². The molecule has 0 aliphatic carbocycles. The number of nitrogens with zero attached hydrogens (tertiary/aromatic N) is 1. The third kappa shape index (κ3) is 5.00. The molecule has 0 N–H and O–H groups in total. The van der Waals surface area contributed by atoms with Crippen molar-refractivity contribution >= 4 is 23.8 Å². The molecule has 0 unspecified atom stereocenters. The van der Waals surface area contributed by atoms with Gasteiger partial charge >= 0.3 is 6.09 Å². The molecule has 0 saturated carbocycles. The number of hydrogen-bond acceptors (Lipinski definition) is 2. The third-order valence-corrected chi connectivity index (χ3v) is 3.74. The Hall–Kier alpha value is -2.52. The van der Waals surface area contributed by atoms with Gasteiger partial charge in [-0.3, -0.25) is 0 Å². The van der Waals surface area contributed by atoms with E-state index in [-0.39, 0.29) is 12.7 Å². The van der Waals surface area contributed by atoms with Crippen LogP contribution in [-0.2, 0) is 17.9 Å². The van der Waals surface area contributed by atoms with E-state index in [0.717, 1.165) is 16.7 Å². The Balaban J connectivity index is 2.07. The molecule has 0 atom stereocenters. The average molecular weight is 342 g/mol. The van der Waals surface area contributed by atoms with Gasteiger partial charge in [0.25, 0.3) is 0 Å². The topological polar surface area (TPSA) is 29.5 Å². The van der Waals surface area contributed by atoms with Crippen LogP contribution in [0.25, 0.3) is 6.08 Å². The number of amides is 1. The molecule has 2 aromatic carbocycles. The fourth-order valence-corrected chi connectivity index (χ4v) is 2.46. The Morgan fingerprint density at radius 2 is 1.92 bits per heavy atom. The Morgan fingerprint density at radius 1 is 1.17 bits per heavy atom. The van der Waals surface area contributed by atoms with E-state index in [1.807, 2.05) is 42.5 Å². The molecule has 124 valence electrons. The lowest BCUT2D eigenvalue weighted by Crippen LogP contribution is -2.31. The van der Waals surface area contributed by atoms with Crippen molar-refractivity contribution < 1.29 is 9.53 Å². The van der Waals surface area contributed by atoms with E-state index in [1.165, 1.54) is 0 Å². The fourth-order valence-electron chi connectivity index (χ4n) is 2.28. The second kappa shape index (κ2) is 8.94. The molecular formula is C20H20ClNO2. The van der Waals surface area contributed by atoms with Gasteiger partial charge in [-0.25, -0.2) is 4.79 Å². The number of carbonyl (C=O) groups excluding carboxylic acids is 1. The molecule has 0 saturated heterocycles. The van der Waals surface area contributed by atoms with Gasteiger partial charge in [0.2, 0.25) is 0 Å². The van der Waals surface area contributed by atoms with Gasteiger partial charge in [0.05, 0.1) is 0 Å². The first kappa shape index (κ1) is 17.8. The number of hydrogen-bond donors (Lipinski definition) is 0. The second-order valence-electron chi connectivity index (χ2n) is 5.26. The normalized spacial score (nSPS) is 10.0. The van der Waals surface area contributed by atoms with Crippen LogP contribution in [0.15, 0.2) is 67.8 Å². The minimum absolute atomic E-state index is 0.238. The van der Waals surface area contributed by atoms with Crippen LogP contribution in [0.4, 0.5) is 4.79 Å². The van der Waals surface area contributed by atoms with E-state index in [9.17, 15) is 4.79 Å². The lowest BCUT2D eigenvalue weighted by atomic mass is 10.1. The van der Waals surface area contributed by atoms with Crippen LogP contribution < -0.4 is 0 Å². The predicted octanol–water partition coefficient (Wildman–Crippen LogP) is 5.31. The Kier molecular flexibility index (Phi) is 6.64. The zero-order valence-corrected chi connectivity index (χ0v) is 14.2. The number of carbonyl (C=O) groups is 1. The van der Waals surface area contributed by atoms with Gasteiger partial charge < -0.3 is 9.64 Å². The molecule has 0 aliphatic heterocycles. The van der Waals surface area contributed by atoms with Crippen molar-refractivity contribution in [3.8, 4) is 0 Å². The monoisotopic (exact) mass is 341 g/mol. The van der Waals surface area contributed by atoms with E-state index in [0.29, 0.717) is 18.1 Å². The van der Waals surface area contributed by atoms with E-state index < -0.39 is 0 Å². The maximum atomic E-state index is 12.4. The molecule has 0 spiro atoms. The highest BCUT2D eigenvalue weighted by Gasteiger charge is 2.15. The van der Waals surface area contributed by atoms with Gasteiger partial charge in [0.1, 0.15) is 6.61 Å². The highest BCUT2D eigenvalue weighted by atomic mass is 35.5. The van der Waals surface area contributed by atoms with Gasteiger partial charge in [0, 0.05) is 18.1 Å². The number of halogens is 1. The number of ether oxygens (including phenoxy) is 1. The predicted molar refractivity (Wildman–Crippen MR) is 98.8 cm³/mol. The summed E-state index contributed by atoms with van der Waals surface area (Å²) in [5.41, 5.74) is 2.79. The molecule has 0 aromatic heterocycles. The highest BCUT2D eigenvalue weighted by molar-refractivity contribution is 6.30. The summed E-state index contributed by atoms with van der Waals surface area (Å²) < 4.78 is 5.40. The first-order valence-corrected chi connectivity index (χ1v) is 7.99. The van der Waals surface area contributed by atoms with Crippen molar-refractivity contribution in [3.63, 3.8) is 0 Å². The van der Waals surface area contributed by atoms with E-state index in [1.54, 1.807) is 23.1 Å². The van der Waals surface area contributed by atoms with Crippen LogP contribution in [0.5, 0.6) is 0 Å². The summed E-state index contributed by atoms with van der Waals surface area (Å²) in [5, 5.41) is 0.635. The SMILES string of the molecule is C=CCN(Cc1ccc(Cl)cc1C=C)C(=O)OCc1ccccc1. The molecule has 2 rings (SSSR count). The standard InChI is InChI=1S/C20H20ClNO2/c1-3-12-22(14-18-10-11-19(21)13-17(18)4-2)20(23)24-15-16-8-6-5-7-9-16/h3-11,13H,1-2,12,14-15H2. The molecule has 0 bridgehead atoms. The van der Waals surface area contributed by atoms with Crippen molar-refractivity contribution in [3.05, 3.63) is 89.5 Å². The molecule has 0 fully saturated rings. The number of rotatable bonds is 7. The minimum Gasteiger partial charge on any atom is -0.445 e. The van der Waals surface area contributed by atoms with Crippen molar-refractivity contribution in [2.24, 2.45) is 0 Å². The molecule has 3 nitrogen and oxygen atoms in total. The largest absolute Gasteiger partial charge is 0.445 e. The van der Waals surface area contributed by atoms with Crippen LogP contribution in [0.2, 0.25) is 5.02 Å². The van der Waals surface area contributed by atoms with E-state index >= 15 is 0 Å². The fraction of sp³-hybridized carbons (Fsp3) is 0.150. The number of benzene rings is 2. The molecule has 24 heavy (non-hydrogen) atoms. The summed E-state index contributed by atoms with van der Waals surface area (Å²) >= 11 is 6.00. The quantitative estimate of drug-likeness (QED) is 0.639. The molecule has 1 amide bonds. The Labute approximate surface area is 147 Å². The van der Waals surface area contributed by atoms with Crippen LogP contribution in [0.1, 0.15) is 16.7 Å². The zero-order chi connectivity index (χ0) is 17.4. The van der Waals surface area contributed by atoms with Crippen LogP contribution in [0, 0.1) is 0 Å². The van der Waals surface area contributed by atoms with Gasteiger partial charge in [-0.15, -0.1) is 6.58 Å². The second-order valence-corrected chi connectivity index (χ2v) is 5.69. The lowest BCUT2D eigenvalue weighted by molar-refractivity contribution is 0.0978. The Morgan fingerprint density at radius 3 is 2.58 bits per heavy atom. The molecule has 0 aliphatic rings. The van der Waals surface area contributed by atoms with Gasteiger partial charge in [0.15, 0.2) is 0 Å². The average Bonchev–Trinajstić information content (AvgIpc) is 2.61. The summed E-state index contributed by atoms with van der Waals surface area (Å²) in [4.78, 5) is 14.0. The van der Waals surface area contributed by atoms with Crippen molar-refractivity contribution in [1.82, 2.24) is 4.90 Å². The smallest absolute Gasteiger partial charge is 0.410 e. The summed E-state index contributed by atoms with van der Waals surface area (Å²) in [6.45, 7) is 8.54. The first-order valence-electron chi connectivity index (χ1n) is 7.61. The summed E-state index contributed by atoms with van der Waals surface area (Å²) in [7, 11) is 0. The summed E-state index contributed by atoms with van der Waals surface area (Å²) in [6, 6.07) is 15.1. The molecule has 0 heterocycles. The minimum atomic E-state index is -0.385. The van der Waals surface area contributed by atoms with Crippen LogP contribution >= 0.6 is 11.6 Å². The first-order chi connectivity index (χ1) is 11.6. The maximum absolute atomic E-state index is 12.4. The van der Waals surface area contributed by atoms with E-state index in [4.69, 9.17) is 16.3 Å². The summed E-state index contributed by atoms with van der Waals surface area (Å²) in [6.07, 6.45) is 3.01. The molecule has 0 radical (unpaired) electrons. The maximum Gasteiger partial charge on any atom is 0.410 e. The van der Waals surface area contributed by atoms with Gasteiger partial charge in [-0.2, -0.15) is 0 Å². The lowest BCUT2D eigenvalue weighted by Gasteiger charge is -2.22. The zero-order valence-electron chi connectivity index (χ0n) is 13.5. The van der Waals surface area contributed by atoms with Crippen molar-refractivity contribution in [1.29, 1.82) is 0 Å². The van der Waals surface area contributed by atoms with Gasteiger partial charge in [-0.05, 0) is 28.8 Å². The Bertz CT molecular complexity index is 713. The van der Waals surface area contributed by atoms with Crippen LogP contribution in [-0.4, -0.2) is 17.5 Å². The molecule has 2 aromatic rings. The molecular weight excluding hydrogens is 322 g/mol. The van der Waals surface area contributed by atoms with Crippen molar-refractivity contribution in [2.45, 2.75) is 13.2 Å².